The van der Waals surface area contributed by atoms with Crippen LogP contribution in [0.15, 0.2) is 42.9 Å². The van der Waals surface area contributed by atoms with E-state index in [4.69, 9.17) is 4.74 Å². The van der Waals surface area contributed by atoms with E-state index in [-0.39, 0.29) is 0 Å². The molecule has 1 unspecified atom stereocenters. The molecule has 2 aromatic heterocycles. The van der Waals surface area contributed by atoms with Crippen LogP contribution in [0.25, 0.3) is 0 Å². The van der Waals surface area contributed by atoms with E-state index in [0.29, 0.717) is 17.7 Å². The SMILES string of the molecule is CCCNC(C)c1ccc(Oc2cccnc2)nc1. The summed E-state index contributed by atoms with van der Waals surface area (Å²) in [6.07, 6.45) is 6.35. The van der Waals surface area contributed by atoms with Crippen LogP contribution in [0.5, 0.6) is 11.6 Å². The molecular weight excluding hydrogens is 238 g/mol. The number of nitrogens with zero attached hydrogens (tertiary/aromatic N) is 2. The maximum absolute atomic E-state index is 5.60. The highest BCUT2D eigenvalue weighted by Crippen LogP contribution is 2.19. The molecule has 100 valence electrons. The van der Waals surface area contributed by atoms with Crippen molar-refractivity contribution in [3.05, 3.63) is 48.4 Å². The monoisotopic (exact) mass is 257 g/mol. The molecule has 0 radical (unpaired) electrons. The van der Waals surface area contributed by atoms with E-state index < -0.39 is 0 Å². The van der Waals surface area contributed by atoms with Gasteiger partial charge in [-0.2, -0.15) is 0 Å². The summed E-state index contributed by atoms with van der Waals surface area (Å²) in [6, 6.07) is 7.91. The minimum atomic E-state index is 0.305. The first-order valence-electron chi connectivity index (χ1n) is 6.57. The van der Waals surface area contributed by atoms with Gasteiger partial charge < -0.3 is 10.1 Å². The summed E-state index contributed by atoms with van der Waals surface area (Å²) in [6.45, 7) is 5.30. The topological polar surface area (TPSA) is 47.0 Å². The van der Waals surface area contributed by atoms with Crippen LogP contribution in [0.1, 0.15) is 31.9 Å². The standard InChI is InChI=1S/C15H19N3O/c1-3-8-17-12(2)13-6-7-15(18-10-13)19-14-5-4-9-16-11-14/h4-7,9-12,17H,3,8H2,1-2H3. The highest BCUT2D eigenvalue weighted by atomic mass is 16.5. The van der Waals surface area contributed by atoms with Gasteiger partial charge >= 0.3 is 0 Å². The van der Waals surface area contributed by atoms with Gasteiger partial charge in [0.05, 0.1) is 6.20 Å². The van der Waals surface area contributed by atoms with Gasteiger partial charge in [0.2, 0.25) is 5.88 Å². The molecule has 0 saturated heterocycles. The van der Waals surface area contributed by atoms with E-state index in [1.807, 2.05) is 30.5 Å². The number of pyridine rings is 2. The predicted molar refractivity (Wildman–Crippen MR) is 75.3 cm³/mol. The van der Waals surface area contributed by atoms with Gasteiger partial charge in [0.25, 0.3) is 0 Å². The molecule has 0 spiro atoms. The fourth-order valence-electron chi connectivity index (χ4n) is 1.72. The molecule has 4 heteroatoms. The van der Waals surface area contributed by atoms with E-state index in [1.165, 1.54) is 0 Å². The van der Waals surface area contributed by atoms with Gasteiger partial charge in [0, 0.05) is 24.5 Å². The predicted octanol–water partition coefficient (Wildman–Crippen LogP) is 3.33. The van der Waals surface area contributed by atoms with Crippen LogP contribution < -0.4 is 10.1 Å². The second-order valence-corrected chi connectivity index (χ2v) is 4.40. The van der Waals surface area contributed by atoms with Crippen molar-refractivity contribution < 1.29 is 4.74 Å². The lowest BCUT2D eigenvalue weighted by Gasteiger charge is -2.13. The summed E-state index contributed by atoms with van der Waals surface area (Å²) < 4.78 is 5.60. The van der Waals surface area contributed by atoms with Crippen molar-refractivity contribution in [1.29, 1.82) is 0 Å². The molecule has 0 saturated carbocycles. The van der Waals surface area contributed by atoms with Gasteiger partial charge in [0.1, 0.15) is 5.75 Å². The number of ether oxygens (including phenoxy) is 1. The molecule has 2 heterocycles. The first-order valence-corrected chi connectivity index (χ1v) is 6.57. The smallest absolute Gasteiger partial charge is 0.219 e. The van der Waals surface area contributed by atoms with Crippen LogP contribution in [0.2, 0.25) is 0 Å². The molecule has 0 amide bonds. The Kier molecular flexibility index (Phi) is 4.86. The number of nitrogens with one attached hydrogen (secondary N) is 1. The van der Waals surface area contributed by atoms with Crippen molar-refractivity contribution >= 4 is 0 Å². The van der Waals surface area contributed by atoms with E-state index >= 15 is 0 Å². The Hall–Kier alpha value is -1.94. The molecule has 0 aliphatic rings. The van der Waals surface area contributed by atoms with Crippen LogP contribution in [-0.4, -0.2) is 16.5 Å². The Labute approximate surface area is 113 Å². The van der Waals surface area contributed by atoms with Crippen molar-refractivity contribution in [1.82, 2.24) is 15.3 Å². The van der Waals surface area contributed by atoms with Gasteiger partial charge in [-0.1, -0.05) is 13.0 Å². The first-order chi connectivity index (χ1) is 9.29. The molecule has 0 fully saturated rings. The molecular formula is C15H19N3O. The minimum absolute atomic E-state index is 0.305. The highest BCUT2D eigenvalue weighted by Gasteiger charge is 2.05. The Morgan fingerprint density at radius 3 is 2.79 bits per heavy atom. The van der Waals surface area contributed by atoms with Gasteiger partial charge in [-0.25, -0.2) is 4.98 Å². The molecule has 0 bridgehead atoms. The van der Waals surface area contributed by atoms with Gasteiger partial charge in [-0.15, -0.1) is 0 Å². The summed E-state index contributed by atoms with van der Waals surface area (Å²) in [5.74, 6) is 1.28. The van der Waals surface area contributed by atoms with Crippen molar-refractivity contribution in [3.8, 4) is 11.6 Å². The van der Waals surface area contributed by atoms with Gasteiger partial charge in [0.15, 0.2) is 0 Å². The van der Waals surface area contributed by atoms with Crippen molar-refractivity contribution in [2.45, 2.75) is 26.3 Å². The molecule has 0 aromatic carbocycles. The molecule has 1 atom stereocenters. The average molecular weight is 257 g/mol. The fourth-order valence-corrected chi connectivity index (χ4v) is 1.72. The first kappa shape index (κ1) is 13.5. The third kappa shape index (κ3) is 4.03. The van der Waals surface area contributed by atoms with Gasteiger partial charge in [-0.05, 0) is 37.6 Å². The maximum Gasteiger partial charge on any atom is 0.219 e. The van der Waals surface area contributed by atoms with Gasteiger partial charge in [-0.3, -0.25) is 4.98 Å². The van der Waals surface area contributed by atoms with Crippen LogP contribution >= 0.6 is 0 Å². The molecule has 0 aliphatic heterocycles. The Morgan fingerprint density at radius 2 is 2.16 bits per heavy atom. The lowest BCUT2D eigenvalue weighted by Crippen LogP contribution is -2.19. The van der Waals surface area contributed by atoms with Crippen molar-refractivity contribution in [2.24, 2.45) is 0 Å². The zero-order chi connectivity index (χ0) is 13.5. The summed E-state index contributed by atoms with van der Waals surface area (Å²) >= 11 is 0. The van der Waals surface area contributed by atoms with Crippen molar-refractivity contribution in [3.63, 3.8) is 0 Å². The van der Waals surface area contributed by atoms with Crippen LogP contribution in [0, 0.1) is 0 Å². The minimum Gasteiger partial charge on any atom is -0.437 e. The lowest BCUT2D eigenvalue weighted by atomic mass is 10.1. The zero-order valence-electron chi connectivity index (χ0n) is 11.3. The summed E-state index contributed by atoms with van der Waals surface area (Å²) in [5, 5.41) is 3.43. The summed E-state index contributed by atoms with van der Waals surface area (Å²) in [5.41, 5.74) is 1.16. The third-order valence-electron chi connectivity index (χ3n) is 2.82. The normalized spacial score (nSPS) is 12.1. The highest BCUT2D eigenvalue weighted by molar-refractivity contribution is 5.26. The van der Waals surface area contributed by atoms with Crippen LogP contribution in [0.3, 0.4) is 0 Å². The molecule has 2 aromatic rings. The summed E-state index contributed by atoms with van der Waals surface area (Å²) in [4.78, 5) is 8.31. The number of aromatic nitrogens is 2. The molecule has 19 heavy (non-hydrogen) atoms. The molecule has 4 nitrogen and oxygen atoms in total. The maximum atomic E-state index is 5.60. The van der Waals surface area contributed by atoms with Crippen LogP contribution in [-0.2, 0) is 0 Å². The third-order valence-corrected chi connectivity index (χ3v) is 2.82. The Balaban J connectivity index is 1.98. The second kappa shape index (κ2) is 6.85. The van der Waals surface area contributed by atoms with E-state index in [0.717, 1.165) is 18.5 Å². The largest absolute Gasteiger partial charge is 0.437 e. The number of hydrogen-bond acceptors (Lipinski definition) is 4. The molecule has 0 aliphatic carbocycles. The number of rotatable bonds is 6. The van der Waals surface area contributed by atoms with Crippen molar-refractivity contribution in [2.75, 3.05) is 6.54 Å². The molecule has 2 rings (SSSR count). The van der Waals surface area contributed by atoms with E-state index in [2.05, 4.69) is 29.1 Å². The van der Waals surface area contributed by atoms with E-state index in [9.17, 15) is 0 Å². The second-order valence-electron chi connectivity index (χ2n) is 4.40. The number of hydrogen-bond donors (Lipinski definition) is 1. The zero-order valence-corrected chi connectivity index (χ0v) is 11.3. The van der Waals surface area contributed by atoms with E-state index in [1.54, 1.807) is 12.4 Å². The summed E-state index contributed by atoms with van der Waals surface area (Å²) in [7, 11) is 0. The Morgan fingerprint density at radius 1 is 1.26 bits per heavy atom. The Bertz CT molecular complexity index is 485. The lowest BCUT2D eigenvalue weighted by molar-refractivity contribution is 0.459. The van der Waals surface area contributed by atoms with Crippen LogP contribution in [0.4, 0.5) is 0 Å². The average Bonchev–Trinajstić information content (AvgIpc) is 2.46. The molecule has 1 N–H and O–H groups in total. The quantitative estimate of drug-likeness (QED) is 0.862. The fraction of sp³-hybridized carbons (Fsp3) is 0.333.